The van der Waals surface area contributed by atoms with E-state index in [1.165, 1.54) is 10.5 Å². The summed E-state index contributed by atoms with van der Waals surface area (Å²) < 4.78 is 5.75. The van der Waals surface area contributed by atoms with Crippen LogP contribution < -0.4 is 5.73 Å². The topological polar surface area (TPSA) is 52.0 Å². The largest absolute Gasteiger partial charge is 0.431 e. The van der Waals surface area contributed by atoms with Gasteiger partial charge < -0.3 is 10.2 Å². The first-order chi connectivity index (χ1) is 10.3. The van der Waals surface area contributed by atoms with Gasteiger partial charge in [-0.2, -0.15) is 0 Å². The number of benzene rings is 2. The molecule has 0 fully saturated rings. The molecule has 2 N–H and O–H groups in total. The van der Waals surface area contributed by atoms with Crippen molar-refractivity contribution < 1.29 is 4.42 Å². The molecule has 0 spiro atoms. The van der Waals surface area contributed by atoms with Crippen molar-refractivity contribution in [2.75, 3.05) is 11.5 Å². The van der Waals surface area contributed by atoms with E-state index >= 15 is 0 Å². The van der Waals surface area contributed by atoms with E-state index in [0.29, 0.717) is 10.9 Å². The summed E-state index contributed by atoms with van der Waals surface area (Å²) in [5.41, 5.74) is 9.57. The van der Waals surface area contributed by atoms with Crippen LogP contribution in [0.5, 0.6) is 0 Å². The number of hydrogen-bond donors (Lipinski definition) is 1. The molecule has 3 nitrogen and oxygen atoms in total. The highest BCUT2D eigenvalue weighted by molar-refractivity contribution is 8.03. The number of anilines is 1. The van der Waals surface area contributed by atoms with Gasteiger partial charge in [0.15, 0.2) is 5.58 Å². The number of oxazole rings is 1. The Balaban J connectivity index is 1.45. The highest BCUT2D eigenvalue weighted by Gasteiger charge is 2.22. The van der Waals surface area contributed by atoms with Gasteiger partial charge >= 0.3 is 0 Å². The zero-order chi connectivity index (χ0) is 14.2. The number of fused-ring (bicyclic) bond motifs is 2. The fourth-order valence-corrected chi connectivity index (χ4v) is 4.81. The standard InChI is InChI=1S/C16H14N2OS2/c17-11-5-6-14-13(8-11)18-16(19-14)20-9-12-7-10-3-1-2-4-15(10)21-12/h1-6,8,12H,7,9,17H2. The Kier molecular flexibility index (Phi) is 3.31. The predicted octanol–water partition coefficient (Wildman–Crippen LogP) is 4.22. The van der Waals surface area contributed by atoms with Gasteiger partial charge in [-0.3, -0.25) is 0 Å². The fourth-order valence-electron chi connectivity index (χ4n) is 2.50. The molecule has 0 bridgehead atoms. The molecule has 0 aliphatic carbocycles. The summed E-state index contributed by atoms with van der Waals surface area (Å²) in [4.78, 5) is 5.90. The van der Waals surface area contributed by atoms with Crippen LogP contribution in [0.25, 0.3) is 11.1 Å². The first-order valence-corrected chi connectivity index (χ1v) is 8.68. The molecular weight excluding hydrogens is 300 g/mol. The minimum atomic E-state index is 0.590. The molecule has 1 aromatic heterocycles. The molecule has 1 unspecified atom stereocenters. The van der Waals surface area contributed by atoms with Crippen molar-refractivity contribution in [3.63, 3.8) is 0 Å². The molecule has 0 amide bonds. The van der Waals surface area contributed by atoms with Gasteiger partial charge in [-0.25, -0.2) is 4.98 Å². The SMILES string of the molecule is Nc1ccc2oc(SCC3Cc4ccccc4S3)nc2c1. The van der Waals surface area contributed by atoms with Crippen LogP contribution in [0.1, 0.15) is 5.56 Å². The van der Waals surface area contributed by atoms with Gasteiger partial charge in [0.2, 0.25) is 0 Å². The number of nitrogen functional groups attached to an aromatic ring is 1. The molecular formula is C16H14N2OS2. The van der Waals surface area contributed by atoms with Crippen LogP contribution in [0, 0.1) is 0 Å². The normalized spacial score (nSPS) is 17.2. The summed E-state index contributed by atoms with van der Waals surface area (Å²) in [5.74, 6) is 1.00. The molecule has 0 saturated carbocycles. The van der Waals surface area contributed by atoms with E-state index in [2.05, 4.69) is 29.2 Å². The fraction of sp³-hybridized carbons (Fsp3) is 0.188. The smallest absolute Gasteiger partial charge is 0.256 e. The maximum atomic E-state index is 5.76. The molecule has 5 heteroatoms. The zero-order valence-corrected chi connectivity index (χ0v) is 12.9. The number of aromatic nitrogens is 1. The lowest BCUT2D eigenvalue weighted by Gasteiger charge is -2.04. The summed E-state index contributed by atoms with van der Waals surface area (Å²) in [6.07, 6.45) is 1.13. The lowest BCUT2D eigenvalue weighted by molar-refractivity contribution is 0.489. The summed E-state index contributed by atoms with van der Waals surface area (Å²) in [6.45, 7) is 0. The number of rotatable bonds is 3. The average molecular weight is 314 g/mol. The molecule has 2 heterocycles. The average Bonchev–Trinajstić information content (AvgIpc) is 3.07. The first kappa shape index (κ1) is 13.1. The van der Waals surface area contributed by atoms with Gasteiger partial charge in [-0.05, 0) is 36.2 Å². The second-order valence-corrected chi connectivity index (χ2v) is 7.38. The van der Waals surface area contributed by atoms with E-state index in [0.717, 1.165) is 28.5 Å². The predicted molar refractivity (Wildman–Crippen MR) is 88.9 cm³/mol. The minimum absolute atomic E-state index is 0.590. The highest BCUT2D eigenvalue weighted by Crippen LogP contribution is 2.39. The number of nitrogens with zero attached hydrogens (tertiary/aromatic N) is 1. The van der Waals surface area contributed by atoms with E-state index < -0.39 is 0 Å². The quantitative estimate of drug-likeness (QED) is 0.579. The first-order valence-electron chi connectivity index (χ1n) is 6.81. The summed E-state index contributed by atoms with van der Waals surface area (Å²) in [7, 11) is 0. The lowest BCUT2D eigenvalue weighted by atomic mass is 10.1. The van der Waals surface area contributed by atoms with Crippen LogP contribution in [-0.2, 0) is 6.42 Å². The number of nitrogens with two attached hydrogens (primary N) is 1. The molecule has 0 saturated heterocycles. The van der Waals surface area contributed by atoms with Gasteiger partial charge in [-0.1, -0.05) is 30.0 Å². The second kappa shape index (κ2) is 5.31. The van der Waals surface area contributed by atoms with Crippen molar-refractivity contribution >= 4 is 40.3 Å². The van der Waals surface area contributed by atoms with Gasteiger partial charge in [0.25, 0.3) is 5.22 Å². The van der Waals surface area contributed by atoms with Crippen LogP contribution in [0.3, 0.4) is 0 Å². The zero-order valence-electron chi connectivity index (χ0n) is 11.3. The van der Waals surface area contributed by atoms with Gasteiger partial charge in [-0.15, -0.1) is 11.8 Å². The Morgan fingerprint density at radius 1 is 1.29 bits per heavy atom. The van der Waals surface area contributed by atoms with Crippen molar-refractivity contribution in [3.05, 3.63) is 48.0 Å². The Morgan fingerprint density at radius 3 is 3.10 bits per heavy atom. The third-order valence-electron chi connectivity index (χ3n) is 3.50. The van der Waals surface area contributed by atoms with E-state index in [1.54, 1.807) is 11.8 Å². The Morgan fingerprint density at radius 2 is 2.19 bits per heavy atom. The van der Waals surface area contributed by atoms with Crippen LogP contribution >= 0.6 is 23.5 Å². The molecule has 21 heavy (non-hydrogen) atoms. The summed E-state index contributed by atoms with van der Waals surface area (Å²) >= 11 is 3.63. The van der Waals surface area contributed by atoms with E-state index in [9.17, 15) is 0 Å². The van der Waals surface area contributed by atoms with Gasteiger partial charge in [0.05, 0.1) is 0 Å². The Bertz CT molecular complexity index is 775. The third kappa shape index (κ3) is 2.63. The van der Waals surface area contributed by atoms with Crippen molar-refractivity contribution in [3.8, 4) is 0 Å². The van der Waals surface area contributed by atoms with Crippen molar-refractivity contribution in [2.24, 2.45) is 0 Å². The van der Waals surface area contributed by atoms with E-state index in [-0.39, 0.29) is 0 Å². The van der Waals surface area contributed by atoms with Crippen LogP contribution in [-0.4, -0.2) is 16.0 Å². The highest BCUT2D eigenvalue weighted by atomic mass is 32.2. The Hall–Kier alpha value is -1.59. The third-order valence-corrected chi connectivity index (χ3v) is 6.02. The molecule has 2 aromatic carbocycles. The van der Waals surface area contributed by atoms with Crippen LogP contribution in [0.4, 0.5) is 5.69 Å². The minimum Gasteiger partial charge on any atom is -0.431 e. The monoisotopic (exact) mass is 314 g/mol. The number of hydrogen-bond acceptors (Lipinski definition) is 5. The van der Waals surface area contributed by atoms with E-state index in [4.69, 9.17) is 10.2 Å². The van der Waals surface area contributed by atoms with Crippen molar-refractivity contribution in [1.82, 2.24) is 4.98 Å². The van der Waals surface area contributed by atoms with Crippen molar-refractivity contribution in [1.29, 1.82) is 0 Å². The van der Waals surface area contributed by atoms with Crippen molar-refractivity contribution in [2.45, 2.75) is 21.8 Å². The van der Waals surface area contributed by atoms with E-state index in [1.807, 2.05) is 30.0 Å². The number of thioether (sulfide) groups is 2. The maximum absolute atomic E-state index is 5.76. The lowest BCUT2D eigenvalue weighted by Crippen LogP contribution is -2.03. The van der Waals surface area contributed by atoms with Gasteiger partial charge in [0.1, 0.15) is 5.52 Å². The molecule has 4 rings (SSSR count). The Labute approximate surface area is 131 Å². The van der Waals surface area contributed by atoms with Crippen LogP contribution in [0.15, 0.2) is 57.0 Å². The summed E-state index contributed by atoms with van der Waals surface area (Å²) in [6, 6.07) is 14.2. The molecule has 106 valence electrons. The van der Waals surface area contributed by atoms with Crippen LogP contribution in [0.2, 0.25) is 0 Å². The van der Waals surface area contributed by atoms with Gasteiger partial charge in [0, 0.05) is 21.6 Å². The molecule has 3 aromatic rings. The molecule has 1 aliphatic heterocycles. The molecule has 1 aliphatic rings. The molecule has 1 atom stereocenters. The molecule has 0 radical (unpaired) electrons. The maximum Gasteiger partial charge on any atom is 0.256 e. The second-order valence-electron chi connectivity index (χ2n) is 5.07. The summed E-state index contributed by atoms with van der Waals surface area (Å²) in [5, 5.41) is 1.32.